The molecule has 0 amide bonds. The number of benzene rings is 2. The summed E-state index contributed by atoms with van der Waals surface area (Å²) in [5.74, 6) is -5.70. The second-order valence-electron chi connectivity index (χ2n) is 4.12. The van der Waals surface area contributed by atoms with Crippen LogP contribution in [0.2, 0.25) is 0 Å². The summed E-state index contributed by atoms with van der Waals surface area (Å²) < 4.78 is 52.8. The van der Waals surface area contributed by atoms with Crippen LogP contribution in [-0.2, 0) is 6.54 Å². The van der Waals surface area contributed by atoms with Crippen LogP contribution in [0, 0.1) is 30.2 Å². The van der Waals surface area contributed by atoms with Crippen LogP contribution >= 0.6 is 0 Å². The highest BCUT2D eigenvalue weighted by Gasteiger charge is 2.18. The third kappa shape index (κ3) is 2.70. The first-order chi connectivity index (χ1) is 9.00. The van der Waals surface area contributed by atoms with Crippen molar-refractivity contribution in [2.45, 2.75) is 13.5 Å². The van der Waals surface area contributed by atoms with Crippen molar-refractivity contribution in [1.82, 2.24) is 0 Å². The summed E-state index contributed by atoms with van der Waals surface area (Å²) >= 11 is 0. The van der Waals surface area contributed by atoms with Gasteiger partial charge in [-0.2, -0.15) is 0 Å². The van der Waals surface area contributed by atoms with Gasteiger partial charge in [0.1, 0.15) is 5.69 Å². The topological polar surface area (TPSA) is 12.0 Å². The van der Waals surface area contributed by atoms with Crippen LogP contribution in [0.3, 0.4) is 0 Å². The van der Waals surface area contributed by atoms with Gasteiger partial charge in [-0.1, -0.05) is 24.3 Å². The minimum absolute atomic E-state index is 0.0728. The molecule has 2 aromatic rings. The van der Waals surface area contributed by atoms with Crippen LogP contribution in [0.15, 0.2) is 30.3 Å². The molecule has 2 rings (SSSR count). The zero-order chi connectivity index (χ0) is 14.0. The lowest BCUT2D eigenvalue weighted by atomic mass is 10.1. The van der Waals surface area contributed by atoms with E-state index in [-0.39, 0.29) is 12.6 Å². The molecule has 100 valence electrons. The lowest BCUT2D eigenvalue weighted by Gasteiger charge is -2.11. The first-order valence-electron chi connectivity index (χ1n) is 5.62. The molecule has 0 aromatic heterocycles. The van der Waals surface area contributed by atoms with Crippen molar-refractivity contribution in [1.29, 1.82) is 0 Å². The first-order valence-corrected chi connectivity index (χ1v) is 5.62. The van der Waals surface area contributed by atoms with Crippen molar-refractivity contribution in [3.8, 4) is 0 Å². The van der Waals surface area contributed by atoms with E-state index in [4.69, 9.17) is 0 Å². The highest BCUT2D eigenvalue weighted by Crippen LogP contribution is 2.24. The van der Waals surface area contributed by atoms with Crippen molar-refractivity contribution in [2.75, 3.05) is 5.32 Å². The molecule has 5 heteroatoms. The summed E-state index contributed by atoms with van der Waals surface area (Å²) in [6, 6.07) is 7.36. The minimum atomic E-state index is -1.42. The van der Waals surface area contributed by atoms with Crippen molar-refractivity contribution >= 4 is 5.69 Å². The Morgan fingerprint density at radius 1 is 0.947 bits per heavy atom. The highest BCUT2D eigenvalue weighted by atomic mass is 19.2. The third-order valence-corrected chi connectivity index (χ3v) is 2.83. The summed E-state index contributed by atoms with van der Waals surface area (Å²) in [5, 5.41) is 2.39. The van der Waals surface area contributed by atoms with E-state index in [0.29, 0.717) is 0 Å². The fraction of sp³-hybridized carbons (Fsp3) is 0.143. The number of aryl methyl sites for hydroxylation is 1. The molecule has 0 saturated carbocycles. The van der Waals surface area contributed by atoms with Crippen molar-refractivity contribution in [3.05, 3.63) is 64.7 Å². The Bertz CT molecular complexity index is 584. The predicted octanol–water partition coefficient (Wildman–Crippen LogP) is 4.16. The molecule has 0 aliphatic rings. The van der Waals surface area contributed by atoms with Gasteiger partial charge in [-0.15, -0.1) is 0 Å². The Morgan fingerprint density at radius 3 is 2.11 bits per heavy atom. The average molecular weight is 269 g/mol. The molecule has 0 spiro atoms. The molecule has 0 fully saturated rings. The van der Waals surface area contributed by atoms with Crippen molar-refractivity contribution in [2.24, 2.45) is 0 Å². The molecule has 2 aromatic carbocycles. The molecule has 1 N–H and O–H groups in total. The molecule has 0 heterocycles. The second kappa shape index (κ2) is 5.30. The molecule has 19 heavy (non-hydrogen) atoms. The molecular weight excluding hydrogens is 258 g/mol. The monoisotopic (exact) mass is 269 g/mol. The largest absolute Gasteiger partial charge is 0.376 e. The van der Waals surface area contributed by atoms with E-state index in [1.165, 1.54) is 0 Å². The summed E-state index contributed by atoms with van der Waals surface area (Å²) in [6.07, 6.45) is 0. The lowest BCUT2D eigenvalue weighted by Crippen LogP contribution is -2.08. The Labute approximate surface area is 107 Å². The maximum Gasteiger partial charge on any atom is 0.185 e. The molecule has 0 bridgehead atoms. The summed E-state index contributed by atoms with van der Waals surface area (Å²) in [4.78, 5) is 0. The van der Waals surface area contributed by atoms with Gasteiger partial charge < -0.3 is 5.32 Å². The van der Waals surface area contributed by atoms with Crippen LogP contribution < -0.4 is 5.32 Å². The SMILES string of the molecule is Cc1ccccc1CNc1c(F)c(F)cc(F)c1F. The fourth-order valence-corrected chi connectivity index (χ4v) is 1.72. The number of nitrogens with one attached hydrogen (secondary N) is 1. The van der Waals surface area contributed by atoms with Crippen LogP contribution in [-0.4, -0.2) is 0 Å². The molecule has 0 saturated heterocycles. The molecular formula is C14H11F4N. The molecule has 0 atom stereocenters. The van der Waals surface area contributed by atoms with E-state index in [0.717, 1.165) is 11.1 Å². The van der Waals surface area contributed by atoms with E-state index < -0.39 is 29.0 Å². The van der Waals surface area contributed by atoms with E-state index in [2.05, 4.69) is 5.32 Å². The number of hydrogen-bond acceptors (Lipinski definition) is 1. The number of hydrogen-bond donors (Lipinski definition) is 1. The highest BCUT2D eigenvalue weighted by molar-refractivity contribution is 5.48. The summed E-state index contributed by atoms with van der Waals surface area (Å²) in [6.45, 7) is 1.90. The van der Waals surface area contributed by atoms with Gasteiger partial charge in [0.25, 0.3) is 0 Å². The fourth-order valence-electron chi connectivity index (χ4n) is 1.72. The average Bonchev–Trinajstić information content (AvgIpc) is 2.38. The van der Waals surface area contributed by atoms with Gasteiger partial charge in [0.15, 0.2) is 23.3 Å². The Balaban J connectivity index is 2.28. The zero-order valence-corrected chi connectivity index (χ0v) is 10.1. The maximum atomic E-state index is 13.4. The summed E-state index contributed by atoms with van der Waals surface area (Å²) in [5.41, 5.74) is 0.902. The first kappa shape index (κ1) is 13.4. The minimum Gasteiger partial charge on any atom is -0.376 e. The Morgan fingerprint density at radius 2 is 1.53 bits per heavy atom. The van der Waals surface area contributed by atoms with Gasteiger partial charge >= 0.3 is 0 Å². The van der Waals surface area contributed by atoms with Gasteiger partial charge in [-0.05, 0) is 18.1 Å². The van der Waals surface area contributed by atoms with Crippen molar-refractivity contribution < 1.29 is 17.6 Å². The molecule has 0 aliphatic carbocycles. The quantitative estimate of drug-likeness (QED) is 0.651. The Kier molecular flexibility index (Phi) is 3.74. The number of rotatable bonds is 3. The van der Waals surface area contributed by atoms with E-state index in [9.17, 15) is 17.6 Å². The standard InChI is InChI=1S/C14H11F4N/c1-8-4-2-3-5-9(8)7-19-14-12(17)10(15)6-11(16)13(14)18/h2-6,19H,7H2,1H3. The zero-order valence-electron chi connectivity index (χ0n) is 10.1. The van der Waals surface area contributed by atoms with Gasteiger partial charge in [-0.3, -0.25) is 0 Å². The summed E-state index contributed by atoms with van der Waals surface area (Å²) in [7, 11) is 0. The molecule has 0 unspecified atom stereocenters. The lowest BCUT2D eigenvalue weighted by molar-refractivity contribution is 0.458. The van der Waals surface area contributed by atoms with Gasteiger partial charge in [-0.25, -0.2) is 17.6 Å². The molecule has 0 radical (unpaired) electrons. The van der Waals surface area contributed by atoms with Crippen molar-refractivity contribution in [3.63, 3.8) is 0 Å². The van der Waals surface area contributed by atoms with Gasteiger partial charge in [0, 0.05) is 12.6 Å². The third-order valence-electron chi connectivity index (χ3n) is 2.83. The number of halogens is 4. The Hall–Kier alpha value is -2.04. The normalized spacial score (nSPS) is 10.6. The smallest absolute Gasteiger partial charge is 0.185 e. The van der Waals surface area contributed by atoms with E-state index in [1.807, 2.05) is 19.1 Å². The molecule has 1 nitrogen and oxygen atoms in total. The van der Waals surface area contributed by atoms with Crippen LogP contribution in [0.4, 0.5) is 23.2 Å². The molecule has 0 aliphatic heterocycles. The predicted molar refractivity (Wildman–Crippen MR) is 64.8 cm³/mol. The van der Waals surface area contributed by atoms with Gasteiger partial charge in [0.2, 0.25) is 0 Å². The number of anilines is 1. The van der Waals surface area contributed by atoms with Crippen LogP contribution in [0.1, 0.15) is 11.1 Å². The van der Waals surface area contributed by atoms with E-state index >= 15 is 0 Å². The van der Waals surface area contributed by atoms with Crippen LogP contribution in [0.5, 0.6) is 0 Å². The second-order valence-corrected chi connectivity index (χ2v) is 4.12. The van der Waals surface area contributed by atoms with E-state index in [1.54, 1.807) is 12.1 Å². The maximum absolute atomic E-state index is 13.4. The van der Waals surface area contributed by atoms with Gasteiger partial charge in [0.05, 0.1) is 0 Å². The van der Waals surface area contributed by atoms with Crippen LogP contribution in [0.25, 0.3) is 0 Å².